The lowest BCUT2D eigenvalue weighted by atomic mass is 10.1. The zero-order valence-electron chi connectivity index (χ0n) is 10.5. The van der Waals surface area contributed by atoms with E-state index in [0.717, 1.165) is 11.3 Å². The molecule has 0 fully saturated rings. The van der Waals surface area contributed by atoms with Gasteiger partial charge in [0.1, 0.15) is 4.60 Å². The Labute approximate surface area is 123 Å². The average molecular weight is 332 g/mol. The van der Waals surface area contributed by atoms with Gasteiger partial charge in [0.15, 0.2) is 11.3 Å². The number of fused-ring (bicyclic) bond motifs is 1. The number of nitrogens with zero attached hydrogens (tertiary/aromatic N) is 3. The molecular formula is C14H10BrN3O2. The van der Waals surface area contributed by atoms with Crippen LogP contribution in [-0.4, -0.2) is 25.7 Å². The van der Waals surface area contributed by atoms with Crippen LogP contribution in [0.5, 0.6) is 0 Å². The summed E-state index contributed by atoms with van der Waals surface area (Å²) in [6.07, 6.45) is 0. The van der Waals surface area contributed by atoms with E-state index in [1.807, 2.05) is 37.3 Å². The molecule has 3 rings (SSSR count). The second-order valence-electron chi connectivity index (χ2n) is 4.41. The molecule has 100 valence electrons. The van der Waals surface area contributed by atoms with Gasteiger partial charge in [0.05, 0.1) is 5.69 Å². The van der Waals surface area contributed by atoms with Crippen LogP contribution in [0.15, 0.2) is 41.0 Å². The molecule has 0 saturated carbocycles. The third kappa shape index (κ3) is 2.08. The normalized spacial score (nSPS) is 10.9. The Bertz CT molecular complexity index is 809. The molecule has 0 atom stereocenters. The number of aromatic carboxylic acids is 1. The summed E-state index contributed by atoms with van der Waals surface area (Å²) in [7, 11) is 0. The van der Waals surface area contributed by atoms with Gasteiger partial charge in [-0.1, -0.05) is 29.8 Å². The standard InChI is InChI=1S/C14H10BrN3O2/c1-8-2-4-9(5-3-8)10-6-7-11-16-12(14(19)20)13(15)18(11)17-10/h2-7H,1H3,(H,19,20). The Kier molecular flexibility index (Phi) is 3.02. The molecule has 0 amide bonds. The maximum atomic E-state index is 11.1. The van der Waals surface area contributed by atoms with E-state index in [-0.39, 0.29) is 5.69 Å². The van der Waals surface area contributed by atoms with Gasteiger partial charge in [0.25, 0.3) is 0 Å². The van der Waals surface area contributed by atoms with Crippen LogP contribution in [0, 0.1) is 6.92 Å². The van der Waals surface area contributed by atoms with Gasteiger partial charge in [-0.15, -0.1) is 0 Å². The minimum absolute atomic E-state index is 0.0430. The van der Waals surface area contributed by atoms with Crippen LogP contribution >= 0.6 is 15.9 Å². The first-order valence-electron chi connectivity index (χ1n) is 5.92. The summed E-state index contributed by atoms with van der Waals surface area (Å²) >= 11 is 3.23. The van der Waals surface area contributed by atoms with Crippen molar-refractivity contribution in [2.24, 2.45) is 0 Å². The summed E-state index contributed by atoms with van der Waals surface area (Å²) in [5.74, 6) is -1.08. The molecule has 3 aromatic rings. The van der Waals surface area contributed by atoms with E-state index < -0.39 is 5.97 Å². The Balaban J connectivity index is 2.17. The van der Waals surface area contributed by atoms with Gasteiger partial charge in [-0.3, -0.25) is 0 Å². The van der Waals surface area contributed by atoms with Crippen LogP contribution in [0.25, 0.3) is 16.9 Å². The Hall–Kier alpha value is -2.21. The molecular weight excluding hydrogens is 322 g/mol. The molecule has 0 saturated heterocycles. The second kappa shape index (κ2) is 4.72. The van der Waals surface area contributed by atoms with E-state index in [1.165, 1.54) is 10.1 Å². The summed E-state index contributed by atoms with van der Waals surface area (Å²) in [6.45, 7) is 2.02. The van der Waals surface area contributed by atoms with Crippen molar-refractivity contribution in [1.29, 1.82) is 0 Å². The summed E-state index contributed by atoms with van der Waals surface area (Å²) in [6, 6.07) is 11.5. The lowest BCUT2D eigenvalue weighted by Gasteiger charge is -2.02. The second-order valence-corrected chi connectivity index (χ2v) is 5.16. The minimum Gasteiger partial charge on any atom is -0.476 e. The lowest BCUT2D eigenvalue weighted by molar-refractivity contribution is 0.0690. The highest BCUT2D eigenvalue weighted by Crippen LogP contribution is 2.22. The van der Waals surface area contributed by atoms with Crippen LogP contribution in [0.4, 0.5) is 0 Å². The first-order valence-corrected chi connectivity index (χ1v) is 6.71. The maximum Gasteiger partial charge on any atom is 0.357 e. The molecule has 20 heavy (non-hydrogen) atoms. The molecule has 1 aromatic carbocycles. The van der Waals surface area contributed by atoms with Gasteiger partial charge in [-0.2, -0.15) is 5.10 Å². The summed E-state index contributed by atoms with van der Waals surface area (Å²) in [5.41, 5.74) is 3.35. The Morgan fingerprint density at radius 1 is 1.20 bits per heavy atom. The molecule has 5 nitrogen and oxygen atoms in total. The summed E-state index contributed by atoms with van der Waals surface area (Å²) in [5, 5.41) is 13.5. The zero-order chi connectivity index (χ0) is 14.3. The number of carboxylic acid groups (broad SMARTS) is 1. The summed E-state index contributed by atoms with van der Waals surface area (Å²) in [4.78, 5) is 15.1. The van der Waals surface area contributed by atoms with Crippen molar-refractivity contribution in [2.75, 3.05) is 0 Å². The van der Waals surface area contributed by atoms with Gasteiger partial charge in [0.2, 0.25) is 0 Å². The number of hydrogen-bond acceptors (Lipinski definition) is 3. The highest BCUT2D eigenvalue weighted by molar-refractivity contribution is 9.10. The summed E-state index contributed by atoms with van der Waals surface area (Å²) < 4.78 is 1.83. The van der Waals surface area contributed by atoms with Gasteiger partial charge >= 0.3 is 5.97 Å². The molecule has 1 N–H and O–H groups in total. The van der Waals surface area contributed by atoms with Crippen LogP contribution in [0.2, 0.25) is 0 Å². The van der Waals surface area contributed by atoms with Gasteiger partial charge < -0.3 is 5.11 Å². The van der Waals surface area contributed by atoms with Crippen LogP contribution in [0.3, 0.4) is 0 Å². The van der Waals surface area contributed by atoms with Crippen molar-refractivity contribution in [2.45, 2.75) is 6.92 Å². The number of imidazole rings is 1. The van der Waals surface area contributed by atoms with Gasteiger partial charge in [0, 0.05) is 5.56 Å². The SMILES string of the molecule is Cc1ccc(-c2ccc3nc(C(=O)O)c(Br)n3n2)cc1. The number of benzene rings is 1. The van der Waals surface area contributed by atoms with Crippen LogP contribution in [0.1, 0.15) is 16.1 Å². The number of aromatic nitrogens is 3. The maximum absolute atomic E-state index is 11.1. The number of hydrogen-bond donors (Lipinski definition) is 1. The number of halogens is 1. The molecule has 0 aliphatic rings. The Morgan fingerprint density at radius 3 is 2.55 bits per heavy atom. The minimum atomic E-state index is -1.08. The van der Waals surface area contributed by atoms with Crippen LogP contribution in [-0.2, 0) is 0 Å². The van der Waals surface area contributed by atoms with E-state index in [4.69, 9.17) is 5.11 Å². The number of rotatable bonds is 2. The number of carbonyl (C=O) groups is 1. The van der Waals surface area contributed by atoms with Crippen molar-refractivity contribution in [3.05, 3.63) is 52.3 Å². The predicted molar refractivity (Wildman–Crippen MR) is 77.8 cm³/mol. The van der Waals surface area contributed by atoms with E-state index in [9.17, 15) is 4.79 Å². The molecule has 0 radical (unpaired) electrons. The van der Waals surface area contributed by atoms with Crippen molar-refractivity contribution < 1.29 is 9.90 Å². The van der Waals surface area contributed by atoms with E-state index >= 15 is 0 Å². The van der Waals surface area contributed by atoms with E-state index in [2.05, 4.69) is 26.0 Å². The number of carboxylic acids is 1. The largest absolute Gasteiger partial charge is 0.476 e. The van der Waals surface area contributed by atoms with Crippen molar-refractivity contribution >= 4 is 27.5 Å². The van der Waals surface area contributed by atoms with Gasteiger partial charge in [-0.05, 0) is 35.0 Å². The number of aryl methyl sites for hydroxylation is 1. The monoisotopic (exact) mass is 331 g/mol. The zero-order valence-corrected chi connectivity index (χ0v) is 12.1. The van der Waals surface area contributed by atoms with E-state index in [1.54, 1.807) is 6.07 Å². The molecule has 2 aromatic heterocycles. The highest BCUT2D eigenvalue weighted by atomic mass is 79.9. The van der Waals surface area contributed by atoms with Crippen LogP contribution < -0.4 is 0 Å². The highest BCUT2D eigenvalue weighted by Gasteiger charge is 2.17. The van der Waals surface area contributed by atoms with E-state index in [0.29, 0.717) is 10.3 Å². The first kappa shape index (κ1) is 12.8. The van der Waals surface area contributed by atoms with Crippen molar-refractivity contribution in [3.63, 3.8) is 0 Å². The molecule has 0 aliphatic carbocycles. The molecule has 0 aliphatic heterocycles. The fourth-order valence-electron chi connectivity index (χ4n) is 1.92. The average Bonchev–Trinajstić information content (AvgIpc) is 2.77. The fourth-order valence-corrected chi connectivity index (χ4v) is 2.44. The van der Waals surface area contributed by atoms with Gasteiger partial charge in [-0.25, -0.2) is 14.3 Å². The quantitative estimate of drug-likeness (QED) is 0.783. The van der Waals surface area contributed by atoms with Crippen molar-refractivity contribution in [3.8, 4) is 11.3 Å². The molecule has 6 heteroatoms. The fraction of sp³-hybridized carbons (Fsp3) is 0.0714. The third-order valence-corrected chi connectivity index (χ3v) is 3.68. The van der Waals surface area contributed by atoms with Crippen molar-refractivity contribution in [1.82, 2.24) is 14.6 Å². The topological polar surface area (TPSA) is 67.5 Å². The third-order valence-electron chi connectivity index (χ3n) is 2.97. The molecule has 0 unspecified atom stereocenters. The lowest BCUT2D eigenvalue weighted by Crippen LogP contribution is -1.98. The molecule has 2 heterocycles. The predicted octanol–water partition coefficient (Wildman–Crippen LogP) is 3.17. The first-order chi connectivity index (χ1) is 9.56. The molecule has 0 spiro atoms. The Morgan fingerprint density at radius 2 is 1.90 bits per heavy atom. The molecule has 0 bridgehead atoms. The smallest absolute Gasteiger partial charge is 0.357 e.